The Morgan fingerprint density at radius 2 is 2.13 bits per heavy atom. The van der Waals surface area contributed by atoms with Crippen molar-refractivity contribution < 1.29 is 4.79 Å². The maximum atomic E-state index is 12.6. The second-order valence-corrected chi connectivity index (χ2v) is 7.48. The first kappa shape index (κ1) is 14.9. The second-order valence-electron chi connectivity index (χ2n) is 7.12. The maximum absolute atomic E-state index is 12.6. The van der Waals surface area contributed by atoms with E-state index in [0.717, 1.165) is 22.7 Å². The van der Waals surface area contributed by atoms with Gasteiger partial charge in [-0.25, -0.2) is 4.98 Å². The maximum Gasteiger partial charge on any atom is 0.254 e. The van der Waals surface area contributed by atoms with Crippen LogP contribution in [0.5, 0.6) is 0 Å². The average molecular weight is 329 g/mol. The minimum Gasteiger partial charge on any atom is -0.349 e. The molecular weight excluding hydrogens is 308 g/mol. The SMILES string of the molecule is C[C@H](NC(=O)c1cc2ccccc2nc1Cl)[C@H]1C[C@H]2CC[C@H]1C2. The van der Waals surface area contributed by atoms with Gasteiger partial charge in [-0.1, -0.05) is 36.2 Å². The lowest BCUT2D eigenvalue weighted by atomic mass is 9.84. The fraction of sp³-hybridized carbons (Fsp3) is 0.474. The summed E-state index contributed by atoms with van der Waals surface area (Å²) < 4.78 is 0. The largest absolute Gasteiger partial charge is 0.349 e. The number of carbonyl (C=O) groups is 1. The van der Waals surface area contributed by atoms with Crippen LogP contribution in [0.1, 0.15) is 43.0 Å². The van der Waals surface area contributed by atoms with Crippen LogP contribution in [0.3, 0.4) is 0 Å². The number of carbonyl (C=O) groups excluding carboxylic acids is 1. The third kappa shape index (κ3) is 2.72. The summed E-state index contributed by atoms with van der Waals surface area (Å²) in [4.78, 5) is 17.0. The minimum absolute atomic E-state index is 0.108. The number of pyridine rings is 1. The Labute approximate surface area is 141 Å². The van der Waals surface area contributed by atoms with E-state index in [0.29, 0.717) is 11.5 Å². The molecule has 0 spiro atoms. The molecule has 2 aromatic rings. The molecular formula is C19H21ClN2O. The van der Waals surface area contributed by atoms with Crippen molar-refractivity contribution in [1.82, 2.24) is 10.3 Å². The van der Waals surface area contributed by atoms with Crippen LogP contribution >= 0.6 is 11.6 Å². The number of rotatable bonds is 3. The Bertz CT molecular complexity index is 760. The molecule has 23 heavy (non-hydrogen) atoms. The van der Waals surface area contributed by atoms with E-state index in [4.69, 9.17) is 11.6 Å². The van der Waals surface area contributed by atoms with E-state index in [1.54, 1.807) is 0 Å². The smallest absolute Gasteiger partial charge is 0.254 e. The lowest BCUT2D eigenvalue weighted by Crippen LogP contribution is -2.40. The van der Waals surface area contributed by atoms with E-state index in [2.05, 4.69) is 17.2 Å². The van der Waals surface area contributed by atoms with Crippen LogP contribution in [0.4, 0.5) is 0 Å². The van der Waals surface area contributed by atoms with Crippen LogP contribution in [0.15, 0.2) is 30.3 Å². The van der Waals surface area contributed by atoms with E-state index in [-0.39, 0.29) is 17.1 Å². The molecule has 0 radical (unpaired) electrons. The number of fused-ring (bicyclic) bond motifs is 3. The Kier molecular flexibility index (Phi) is 3.76. The predicted octanol–water partition coefficient (Wildman–Crippen LogP) is 4.44. The molecule has 2 bridgehead atoms. The highest BCUT2D eigenvalue weighted by Gasteiger charge is 2.42. The topological polar surface area (TPSA) is 42.0 Å². The molecule has 1 amide bonds. The zero-order valence-corrected chi connectivity index (χ0v) is 14.0. The Balaban J connectivity index is 1.53. The van der Waals surface area contributed by atoms with Gasteiger partial charge >= 0.3 is 0 Å². The van der Waals surface area contributed by atoms with Crippen molar-refractivity contribution in [2.45, 2.75) is 38.6 Å². The lowest BCUT2D eigenvalue weighted by molar-refractivity contribution is 0.0915. The van der Waals surface area contributed by atoms with Gasteiger partial charge in [0, 0.05) is 11.4 Å². The molecule has 0 unspecified atom stereocenters. The molecule has 120 valence electrons. The van der Waals surface area contributed by atoms with Crippen molar-refractivity contribution in [3.05, 3.63) is 41.0 Å². The average Bonchev–Trinajstić information content (AvgIpc) is 3.17. The van der Waals surface area contributed by atoms with Gasteiger partial charge in [-0.05, 0) is 56.1 Å². The molecule has 3 nitrogen and oxygen atoms in total. The highest BCUT2D eigenvalue weighted by molar-refractivity contribution is 6.33. The fourth-order valence-corrected chi connectivity index (χ4v) is 4.78. The molecule has 0 saturated heterocycles. The van der Waals surface area contributed by atoms with Gasteiger partial charge in [0.15, 0.2) is 0 Å². The Hall–Kier alpha value is -1.61. The highest BCUT2D eigenvalue weighted by Crippen LogP contribution is 2.49. The molecule has 2 saturated carbocycles. The minimum atomic E-state index is -0.108. The van der Waals surface area contributed by atoms with Gasteiger partial charge in [0.1, 0.15) is 5.15 Å². The van der Waals surface area contributed by atoms with Gasteiger partial charge in [-0.3, -0.25) is 4.79 Å². The van der Waals surface area contributed by atoms with E-state index >= 15 is 0 Å². The molecule has 2 fully saturated rings. The van der Waals surface area contributed by atoms with Crippen molar-refractivity contribution in [2.75, 3.05) is 0 Å². The lowest BCUT2D eigenvalue weighted by Gasteiger charge is -2.28. The van der Waals surface area contributed by atoms with Crippen LogP contribution in [0.2, 0.25) is 5.15 Å². The van der Waals surface area contributed by atoms with Gasteiger partial charge in [0.05, 0.1) is 11.1 Å². The number of hydrogen-bond donors (Lipinski definition) is 1. The van der Waals surface area contributed by atoms with Crippen LogP contribution < -0.4 is 5.32 Å². The van der Waals surface area contributed by atoms with Gasteiger partial charge in [0.25, 0.3) is 5.91 Å². The molecule has 2 aliphatic carbocycles. The summed E-state index contributed by atoms with van der Waals surface area (Å²) in [6.07, 6.45) is 5.31. The van der Waals surface area contributed by atoms with Crippen LogP contribution in [0, 0.1) is 17.8 Å². The molecule has 4 rings (SSSR count). The van der Waals surface area contributed by atoms with Gasteiger partial charge in [-0.2, -0.15) is 0 Å². The first-order valence-electron chi connectivity index (χ1n) is 8.48. The van der Waals surface area contributed by atoms with E-state index in [1.807, 2.05) is 30.3 Å². The molecule has 1 heterocycles. The van der Waals surface area contributed by atoms with Gasteiger partial charge in [0.2, 0.25) is 0 Å². The summed E-state index contributed by atoms with van der Waals surface area (Å²) in [6, 6.07) is 9.75. The molecule has 4 heteroatoms. The number of hydrogen-bond acceptors (Lipinski definition) is 2. The summed E-state index contributed by atoms with van der Waals surface area (Å²) in [5.41, 5.74) is 1.29. The molecule has 4 atom stereocenters. The zero-order valence-electron chi connectivity index (χ0n) is 13.3. The number of para-hydroxylation sites is 1. The van der Waals surface area contributed by atoms with Gasteiger partial charge in [-0.15, -0.1) is 0 Å². The van der Waals surface area contributed by atoms with Gasteiger partial charge < -0.3 is 5.32 Å². The Morgan fingerprint density at radius 3 is 2.87 bits per heavy atom. The summed E-state index contributed by atoms with van der Waals surface area (Å²) in [6.45, 7) is 2.13. The Morgan fingerprint density at radius 1 is 1.30 bits per heavy atom. The van der Waals surface area contributed by atoms with Crippen molar-refractivity contribution in [3.63, 3.8) is 0 Å². The van der Waals surface area contributed by atoms with Crippen LogP contribution in [-0.2, 0) is 0 Å². The molecule has 0 aliphatic heterocycles. The molecule has 2 aliphatic rings. The zero-order chi connectivity index (χ0) is 16.0. The molecule has 1 N–H and O–H groups in total. The third-order valence-electron chi connectivity index (χ3n) is 5.72. The second kappa shape index (κ2) is 5.79. The molecule has 1 aromatic heterocycles. The summed E-state index contributed by atoms with van der Waals surface area (Å²) in [5.74, 6) is 2.18. The number of nitrogens with one attached hydrogen (secondary N) is 1. The van der Waals surface area contributed by atoms with Crippen molar-refractivity contribution in [1.29, 1.82) is 0 Å². The monoisotopic (exact) mass is 328 g/mol. The van der Waals surface area contributed by atoms with E-state index in [1.165, 1.54) is 25.7 Å². The summed E-state index contributed by atoms with van der Waals surface area (Å²) in [7, 11) is 0. The number of halogens is 1. The fourth-order valence-electron chi connectivity index (χ4n) is 4.55. The number of amides is 1. The highest BCUT2D eigenvalue weighted by atomic mass is 35.5. The van der Waals surface area contributed by atoms with E-state index in [9.17, 15) is 4.79 Å². The first-order chi connectivity index (χ1) is 11.1. The van der Waals surface area contributed by atoms with Crippen LogP contribution in [0.25, 0.3) is 10.9 Å². The quantitative estimate of drug-likeness (QED) is 0.846. The van der Waals surface area contributed by atoms with E-state index < -0.39 is 0 Å². The summed E-state index contributed by atoms with van der Waals surface area (Å²) >= 11 is 6.23. The standard InChI is InChI=1S/C19H21ClN2O/c1-11(15-9-12-6-7-13(15)8-12)21-19(23)16-10-14-4-2-3-5-17(14)22-18(16)20/h2-5,10-13,15H,6-9H2,1H3,(H,21,23)/t11-,12-,13-,15+/m0/s1. The predicted molar refractivity (Wildman–Crippen MR) is 92.6 cm³/mol. The number of aromatic nitrogens is 1. The first-order valence-corrected chi connectivity index (χ1v) is 8.86. The van der Waals surface area contributed by atoms with Crippen LogP contribution in [-0.4, -0.2) is 16.9 Å². The normalized spacial score (nSPS) is 27.3. The van der Waals surface area contributed by atoms with Crippen molar-refractivity contribution in [2.24, 2.45) is 17.8 Å². The van der Waals surface area contributed by atoms with Crippen molar-refractivity contribution >= 4 is 28.4 Å². The van der Waals surface area contributed by atoms with Crippen molar-refractivity contribution in [3.8, 4) is 0 Å². The number of nitrogens with zero attached hydrogens (tertiary/aromatic N) is 1. The third-order valence-corrected chi connectivity index (χ3v) is 6.00. The molecule has 1 aromatic carbocycles. The number of benzene rings is 1. The summed E-state index contributed by atoms with van der Waals surface area (Å²) in [5, 5.41) is 4.38.